The van der Waals surface area contributed by atoms with Gasteiger partial charge in [-0.1, -0.05) is 83.5 Å². The Morgan fingerprint density at radius 3 is 2.07 bits per heavy atom. The molecule has 1 aliphatic carbocycles. The maximum absolute atomic E-state index is 5.64. The van der Waals surface area contributed by atoms with Gasteiger partial charge in [0.2, 0.25) is 0 Å². The Kier molecular flexibility index (Phi) is 14.4. The van der Waals surface area contributed by atoms with Gasteiger partial charge < -0.3 is 4.90 Å². The van der Waals surface area contributed by atoms with Crippen LogP contribution in [0.25, 0.3) is 0 Å². The fraction of sp³-hybridized carbons (Fsp3) is 0.760. The van der Waals surface area contributed by atoms with Crippen molar-refractivity contribution in [2.45, 2.75) is 84.8 Å². The van der Waals surface area contributed by atoms with Crippen LogP contribution >= 0.6 is 24.2 Å². The highest BCUT2D eigenvalue weighted by atomic mass is 35.5. The van der Waals surface area contributed by atoms with Gasteiger partial charge in [-0.3, -0.25) is 0 Å². The van der Waals surface area contributed by atoms with Gasteiger partial charge in [-0.2, -0.15) is 12.6 Å². The van der Waals surface area contributed by atoms with E-state index in [9.17, 15) is 0 Å². The standard InChI is InChI=1S/C13H25N.C7H7ClS.C5H12/c1-12-7-3-4-8-13(12)11-14-9-5-2-6-10-14;8-7-3-1-6(5-9)2-4-7;1-4-5(2)3/h12-13H,2-11H2,1H3;1-4,9H,5H2;5H,4H2,1-3H3/t12?,13-;;/m0../s1. The Balaban J connectivity index is 0.000000241. The van der Waals surface area contributed by atoms with Crippen LogP contribution in [0.3, 0.4) is 0 Å². The zero-order valence-corrected chi connectivity index (χ0v) is 20.4. The van der Waals surface area contributed by atoms with Gasteiger partial charge in [-0.15, -0.1) is 0 Å². The number of likely N-dealkylation sites (tertiary alicyclic amines) is 1. The summed E-state index contributed by atoms with van der Waals surface area (Å²) in [5.41, 5.74) is 1.20. The number of hydrogen-bond donors (Lipinski definition) is 1. The van der Waals surface area contributed by atoms with Crippen molar-refractivity contribution in [2.75, 3.05) is 19.6 Å². The zero-order valence-electron chi connectivity index (χ0n) is 18.8. The highest BCUT2D eigenvalue weighted by molar-refractivity contribution is 7.79. The van der Waals surface area contributed by atoms with E-state index in [0.717, 1.165) is 28.5 Å². The molecule has 1 saturated heterocycles. The van der Waals surface area contributed by atoms with Crippen molar-refractivity contribution >= 4 is 24.2 Å². The van der Waals surface area contributed by atoms with Crippen molar-refractivity contribution in [3.63, 3.8) is 0 Å². The summed E-state index contributed by atoms with van der Waals surface area (Å²) in [6.45, 7) is 13.3. The molecule has 1 heterocycles. The first kappa shape index (κ1) is 25.9. The van der Waals surface area contributed by atoms with E-state index < -0.39 is 0 Å². The Morgan fingerprint density at radius 1 is 1.00 bits per heavy atom. The van der Waals surface area contributed by atoms with Gasteiger partial charge in [0.15, 0.2) is 0 Å². The Morgan fingerprint density at radius 2 is 1.57 bits per heavy atom. The molecule has 2 aliphatic rings. The van der Waals surface area contributed by atoms with Gasteiger partial charge in [-0.25, -0.2) is 0 Å². The molecule has 0 N–H and O–H groups in total. The van der Waals surface area contributed by atoms with E-state index in [-0.39, 0.29) is 0 Å². The second-order valence-corrected chi connectivity index (χ2v) is 9.72. The first-order valence-electron chi connectivity index (χ1n) is 11.5. The largest absolute Gasteiger partial charge is 0.303 e. The molecule has 0 bridgehead atoms. The monoisotopic (exact) mass is 425 g/mol. The molecule has 1 unspecified atom stereocenters. The van der Waals surface area contributed by atoms with Gasteiger partial charge >= 0.3 is 0 Å². The Labute approximate surface area is 186 Å². The van der Waals surface area contributed by atoms with Crippen LogP contribution in [0.2, 0.25) is 5.02 Å². The van der Waals surface area contributed by atoms with Crippen molar-refractivity contribution in [2.24, 2.45) is 17.8 Å². The summed E-state index contributed by atoms with van der Waals surface area (Å²) in [6.07, 6.45) is 11.6. The minimum absolute atomic E-state index is 0.775. The molecule has 1 aliphatic heterocycles. The molecule has 0 aromatic heterocycles. The number of hydrogen-bond acceptors (Lipinski definition) is 2. The first-order valence-corrected chi connectivity index (χ1v) is 12.5. The number of thiol groups is 1. The molecule has 1 aromatic rings. The van der Waals surface area contributed by atoms with Gasteiger partial charge in [0.05, 0.1) is 0 Å². The molecule has 162 valence electrons. The molecule has 2 fully saturated rings. The SMILES string of the molecule is CC1CCCC[C@H]1CN1CCCCC1.CCC(C)C.SCc1ccc(Cl)cc1. The van der Waals surface area contributed by atoms with Crippen LogP contribution in [0.5, 0.6) is 0 Å². The van der Waals surface area contributed by atoms with Crippen molar-refractivity contribution in [1.82, 2.24) is 4.90 Å². The molecular weight excluding hydrogens is 382 g/mol. The second kappa shape index (κ2) is 15.6. The van der Waals surface area contributed by atoms with E-state index >= 15 is 0 Å². The summed E-state index contributed by atoms with van der Waals surface area (Å²) in [7, 11) is 0. The summed E-state index contributed by atoms with van der Waals surface area (Å²) >= 11 is 9.74. The number of rotatable bonds is 4. The minimum Gasteiger partial charge on any atom is -0.303 e. The fourth-order valence-corrected chi connectivity index (χ4v) is 4.06. The third-order valence-corrected chi connectivity index (χ3v) is 6.76. The molecule has 0 spiro atoms. The van der Waals surface area contributed by atoms with Crippen LogP contribution in [-0.4, -0.2) is 24.5 Å². The predicted molar refractivity (Wildman–Crippen MR) is 131 cm³/mol. The molecule has 3 rings (SSSR count). The number of benzene rings is 1. The van der Waals surface area contributed by atoms with Crippen LogP contribution in [0, 0.1) is 17.8 Å². The van der Waals surface area contributed by atoms with Gasteiger partial charge in [0, 0.05) is 17.3 Å². The average molecular weight is 426 g/mol. The summed E-state index contributed by atoms with van der Waals surface area (Å²) in [4.78, 5) is 2.72. The average Bonchev–Trinajstić information content (AvgIpc) is 2.72. The number of piperidine rings is 1. The smallest absolute Gasteiger partial charge is 0.0406 e. The summed E-state index contributed by atoms with van der Waals surface area (Å²) in [5, 5.41) is 0.778. The van der Waals surface area contributed by atoms with E-state index in [1.54, 1.807) is 0 Å². The quantitative estimate of drug-likeness (QED) is 0.476. The third kappa shape index (κ3) is 11.7. The lowest BCUT2D eigenvalue weighted by molar-refractivity contribution is 0.142. The lowest BCUT2D eigenvalue weighted by Crippen LogP contribution is -2.37. The summed E-state index contributed by atoms with van der Waals surface area (Å²) in [6, 6.07) is 7.67. The van der Waals surface area contributed by atoms with E-state index in [2.05, 4.69) is 45.2 Å². The van der Waals surface area contributed by atoms with E-state index in [1.807, 2.05) is 24.3 Å². The lowest BCUT2D eigenvalue weighted by atomic mass is 9.80. The second-order valence-electron chi connectivity index (χ2n) is 8.97. The van der Waals surface area contributed by atoms with Crippen LogP contribution in [0.1, 0.15) is 84.6 Å². The molecule has 1 nitrogen and oxygen atoms in total. The molecule has 1 aromatic carbocycles. The summed E-state index contributed by atoms with van der Waals surface area (Å²) < 4.78 is 0. The molecule has 28 heavy (non-hydrogen) atoms. The molecule has 2 atom stereocenters. The Bertz CT molecular complexity index is 482. The predicted octanol–water partition coefficient (Wildman–Crippen LogP) is 8.12. The fourth-order valence-electron chi connectivity index (χ4n) is 3.73. The Hall–Kier alpha value is -0.180. The summed E-state index contributed by atoms with van der Waals surface area (Å²) in [5.74, 6) is 3.67. The highest BCUT2D eigenvalue weighted by Crippen LogP contribution is 2.30. The highest BCUT2D eigenvalue weighted by Gasteiger charge is 2.23. The lowest BCUT2D eigenvalue weighted by Gasteiger charge is -2.35. The maximum atomic E-state index is 5.64. The third-order valence-electron chi connectivity index (χ3n) is 6.14. The molecule has 3 heteroatoms. The topological polar surface area (TPSA) is 3.24 Å². The van der Waals surface area contributed by atoms with Crippen molar-refractivity contribution in [3.8, 4) is 0 Å². The zero-order chi connectivity index (χ0) is 20.8. The molecule has 1 saturated carbocycles. The van der Waals surface area contributed by atoms with Gasteiger partial charge in [0.25, 0.3) is 0 Å². The van der Waals surface area contributed by atoms with Crippen molar-refractivity contribution < 1.29 is 0 Å². The maximum Gasteiger partial charge on any atom is 0.0406 e. The van der Waals surface area contributed by atoms with Crippen LogP contribution in [0.15, 0.2) is 24.3 Å². The molecule has 0 radical (unpaired) electrons. The van der Waals surface area contributed by atoms with Gasteiger partial charge in [0.1, 0.15) is 0 Å². The van der Waals surface area contributed by atoms with Crippen molar-refractivity contribution in [3.05, 3.63) is 34.9 Å². The van der Waals surface area contributed by atoms with Crippen LogP contribution in [-0.2, 0) is 5.75 Å². The van der Waals surface area contributed by atoms with Crippen molar-refractivity contribution in [1.29, 1.82) is 0 Å². The number of halogens is 1. The molecule has 0 amide bonds. The number of nitrogens with zero attached hydrogens (tertiary/aromatic N) is 1. The van der Waals surface area contributed by atoms with Gasteiger partial charge in [-0.05, 0) is 67.8 Å². The minimum atomic E-state index is 0.775. The first-order chi connectivity index (χ1) is 13.5. The van der Waals surface area contributed by atoms with Crippen LogP contribution < -0.4 is 0 Å². The normalized spacial score (nSPS) is 22.7. The van der Waals surface area contributed by atoms with E-state index in [1.165, 1.54) is 76.6 Å². The van der Waals surface area contributed by atoms with E-state index in [4.69, 9.17) is 11.6 Å². The van der Waals surface area contributed by atoms with Crippen LogP contribution in [0.4, 0.5) is 0 Å². The van der Waals surface area contributed by atoms with E-state index in [0.29, 0.717) is 0 Å². The molecular formula is C25H44ClNS.